The van der Waals surface area contributed by atoms with E-state index in [-0.39, 0.29) is 29.3 Å². The molecule has 0 aromatic heterocycles. The van der Waals surface area contributed by atoms with E-state index >= 15 is 0 Å². The number of nitrogens with zero attached hydrogens (tertiary/aromatic N) is 1. The number of fused-ring (bicyclic) bond motifs is 1. The zero-order valence-corrected chi connectivity index (χ0v) is 15.7. The Balaban J connectivity index is 0.000000364. The smallest absolute Gasteiger partial charge is 0.352 e. The average molecular weight is 386 g/mol. The Labute approximate surface area is 162 Å². The van der Waals surface area contributed by atoms with E-state index in [1.807, 2.05) is 36.4 Å². The van der Waals surface area contributed by atoms with Gasteiger partial charge in [-0.05, 0) is 30.4 Å². The van der Waals surface area contributed by atoms with Crippen LogP contribution < -0.4 is 5.32 Å². The maximum atomic E-state index is 12.1. The predicted molar refractivity (Wildman–Crippen MR) is 104 cm³/mol. The van der Waals surface area contributed by atoms with Crippen molar-refractivity contribution in [2.75, 3.05) is 5.75 Å². The number of nitrogens with one attached hydrogen (secondary N) is 1. The topological polar surface area (TPSA) is 86.7 Å². The minimum absolute atomic E-state index is 0.00214. The van der Waals surface area contributed by atoms with E-state index in [9.17, 15) is 14.4 Å². The molecule has 1 unspecified atom stereocenters. The third kappa shape index (κ3) is 4.60. The van der Waals surface area contributed by atoms with Crippen molar-refractivity contribution in [3.63, 3.8) is 0 Å². The van der Waals surface area contributed by atoms with E-state index in [1.165, 1.54) is 35.6 Å². The summed E-state index contributed by atoms with van der Waals surface area (Å²) in [4.78, 5) is 36.5. The molecule has 0 bridgehead atoms. The first-order valence-electron chi connectivity index (χ1n) is 8.85. The van der Waals surface area contributed by atoms with Gasteiger partial charge in [0.25, 0.3) is 5.91 Å². The predicted octanol–water partition coefficient (Wildman–Crippen LogP) is 2.18. The molecule has 1 saturated carbocycles. The number of carbonyl (C=O) groups is 3. The summed E-state index contributed by atoms with van der Waals surface area (Å²) in [5.41, 5.74) is 0.869. The van der Waals surface area contributed by atoms with Gasteiger partial charge in [-0.2, -0.15) is 0 Å². The monoisotopic (exact) mass is 386 g/mol. The third-order valence-electron chi connectivity index (χ3n) is 4.54. The summed E-state index contributed by atoms with van der Waals surface area (Å²) in [5.74, 6) is -0.313. The highest BCUT2D eigenvalue weighted by Gasteiger charge is 2.52. The molecular formula is C20H22N2O4S. The van der Waals surface area contributed by atoms with Crippen LogP contribution in [0.3, 0.4) is 0 Å². The fraction of sp³-hybridized carbons (Fsp3) is 0.350. The lowest BCUT2D eigenvalue weighted by Crippen LogP contribution is -2.70. The van der Waals surface area contributed by atoms with Crippen molar-refractivity contribution in [3.8, 4) is 0 Å². The number of hydrogen-bond donors (Lipinski definition) is 2. The number of carboxylic acids is 1. The second-order valence-corrected chi connectivity index (χ2v) is 7.76. The molecule has 1 saturated heterocycles. The van der Waals surface area contributed by atoms with Crippen LogP contribution in [-0.4, -0.2) is 45.0 Å². The maximum Gasteiger partial charge on any atom is 0.352 e. The lowest BCUT2D eigenvalue weighted by Gasteiger charge is -2.48. The second kappa shape index (κ2) is 8.43. The molecule has 2 fully saturated rings. The van der Waals surface area contributed by atoms with Crippen molar-refractivity contribution in [2.24, 2.45) is 5.92 Å². The number of thioether (sulfide) groups is 1. The van der Waals surface area contributed by atoms with E-state index in [0.717, 1.165) is 11.5 Å². The Morgan fingerprint density at radius 2 is 2.00 bits per heavy atom. The summed E-state index contributed by atoms with van der Waals surface area (Å²) in [7, 11) is 0. The number of rotatable bonds is 5. The molecule has 1 aromatic carbocycles. The molecule has 3 aliphatic rings. The highest BCUT2D eigenvalue weighted by Crippen LogP contribution is 2.37. The number of amides is 2. The number of carbonyl (C=O) groups excluding carboxylic acids is 2. The summed E-state index contributed by atoms with van der Waals surface area (Å²) >= 11 is 1.44. The van der Waals surface area contributed by atoms with Crippen LogP contribution in [0.15, 0.2) is 54.8 Å². The Morgan fingerprint density at radius 1 is 1.30 bits per heavy atom. The Kier molecular flexibility index (Phi) is 6.01. The summed E-state index contributed by atoms with van der Waals surface area (Å²) < 4.78 is 0. The van der Waals surface area contributed by atoms with Crippen LogP contribution in [-0.2, 0) is 20.8 Å². The van der Waals surface area contributed by atoms with Gasteiger partial charge in [0.05, 0.1) is 6.42 Å². The Bertz CT molecular complexity index is 773. The Morgan fingerprint density at radius 3 is 2.56 bits per heavy atom. The molecule has 0 radical (unpaired) electrons. The van der Waals surface area contributed by atoms with Gasteiger partial charge in [-0.25, -0.2) is 4.79 Å². The van der Waals surface area contributed by atoms with E-state index in [2.05, 4.69) is 11.9 Å². The fourth-order valence-corrected chi connectivity index (χ4v) is 4.07. The highest BCUT2D eigenvalue weighted by molar-refractivity contribution is 8.00. The minimum Gasteiger partial charge on any atom is -0.477 e. The van der Waals surface area contributed by atoms with Crippen LogP contribution in [0.2, 0.25) is 0 Å². The van der Waals surface area contributed by atoms with E-state index in [4.69, 9.17) is 5.11 Å². The van der Waals surface area contributed by atoms with Crippen LogP contribution in [0.4, 0.5) is 0 Å². The molecule has 7 heteroatoms. The molecule has 2 heterocycles. The van der Waals surface area contributed by atoms with Crippen molar-refractivity contribution in [1.82, 2.24) is 10.2 Å². The minimum atomic E-state index is -1.12. The van der Waals surface area contributed by atoms with Crippen LogP contribution in [0.5, 0.6) is 0 Å². The number of aliphatic carboxylic acids is 1. The number of benzene rings is 1. The van der Waals surface area contributed by atoms with Crippen LogP contribution in [0, 0.1) is 5.92 Å². The average Bonchev–Trinajstić information content (AvgIpc) is 3.51. The van der Waals surface area contributed by atoms with Gasteiger partial charge in [-0.3, -0.25) is 14.5 Å². The summed E-state index contributed by atoms with van der Waals surface area (Å²) in [6.07, 6.45) is 6.53. The molecular weight excluding hydrogens is 364 g/mol. The first-order valence-corrected chi connectivity index (χ1v) is 9.90. The van der Waals surface area contributed by atoms with E-state index in [1.54, 1.807) is 0 Å². The number of carboxylic acid groups (broad SMARTS) is 1. The van der Waals surface area contributed by atoms with Gasteiger partial charge in [0.2, 0.25) is 5.91 Å². The second-order valence-electron chi connectivity index (χ2n) is 6.61. The first-order chi connectivity index (χ1) is 13.0. The van der Waals surface area contributed by atoms with Crippen LogP contribution in [0.25, 0.3) is 0 Å². The van der Waals surface area contributed by atoms with Crippen LogP contribution >= 0.6 is 11.8 Å². The number of allylic oxidation sites excluding steroid dienone is 1. The highest BCUT2D eigenvalue weighted by atomic mass is 32.2. The lowest BCUT2D eigenvalue weighted by molar-refractivity contribution is -0.150. The summed E-state index contributed by atoms with van der Waals surface area (Å²) in [6, 6.07) is 8.60. The maximum absolute atomic E-state index is 12.1. The van der Waals surface area contributed by atoms with Crippen molar-refractivity contribution in [1.29, 1.82) is 0 Å². The SMILES string of the molecule is C=CC1CC1.O=C(Cc1ccccc1)NC1C(=O)N2C(C(=O)O)=CCS[C@@H]12. The molecule has 1 aliphatic carbocycles. The standard InChI is InChI=1S/C15H14N2O4S.C5H8/c18-11(8-9-4-2-1-3-5-9)16-12-13(19)17-10(15(20)21)6-7-22-14(12)17;1-2-5-3-4-5/h1-6,12,14H,7-8H2,(H,16,18)(H,20,21);2,5H,1,3-4H2/t12?,14-;/m0./s1. The van der Waals surface area contributed by atoms with Gasteiger partial charge in [0.15, 0.2) is 0 Å². The zero-order chi connectivity index (χ0) is 19.4. The van der Waals surface area contributed by atoms with Gasteiger partial charge in [0, 0.05) is 5.75 Å². The van der Waals surface area contributed by atoms with Crippen LogP contribution in [0.1, 0.15) is 18.4 Å². The fourth-order valence-electron chi connectivity index (χ4n) is 2.88. The molecule has 27 heavy (non-hydrogen) atoms. The van der Waals surface area contributed by atoms with Crippen molar-refractivity contribution in [3.05, 3.63) is 60.3 Å². The number of β-lactam (4-membered cyclic amide) rings is 1. The quantitative estimate of drug-likeness (QED) is 0.598. The first kappa shape index (κ1) is 19.2. The van der Waals surface area contributed by atoms with Crippen molar-refractivity contribution in [2.45, 2.75) is 30.7 Å². The van der Waals surface area contributed by atoms with Gasteiger partial charge < -0.3 is 10.4 Å². The van der Waals surface area contributed by atoms with Gasteiger partial charge >= 0.3 is 5.97 Å². The molecule has 2 aliphatic heterocycles. The molecule has 2 amide bonds. The van der Waals surface area contributed by atoms with Crippen molar-refractivity contribution < 1.29 is 19.5 Å². The van der Waals surface area contributed by atoms with Gasteiger partial charge in [0.1, 0.15) is 17.1 Å². The molecule has 6 nitrogen and oxygen atoms in total. The summed E-state index contributed by atoms with van der Waals surface area (Å²) in [5, 5.41) is 11.5. The third-order valence-corrected chi connectivity index (χ3v) is 5.73. The number of hydrogen-bond acceptors (Lipinski definition) is 4. The van der Waals surface area contributed by atoms with E-state index < -0.39 is 12.0 Å². The lowest BCUT2D eigenvalue weighted by atomic mass is 10.0. The molecule has 0 spiro atoms. The zero-order valence-electron chi connectivity index (χ0n) is 14.8. The molecule has 1 aromatic rings. The largest absolute Gasteiger partial charge is 0.477 e. The Hall–Kier alpha value is -2.54. The molecule has 2 N–H and O–H groups in total. The van der Waals surface area contributed by atoms with Gasteiger partial charge in [-0.15, -0.1) is 18.3 Å². The normalized spacial score (nSPS) is 23.0. The van der Waals surface area contributed by atoms with E-state index in [0.29, 0.717) is 5.75 Å². The van der Waals surface area contributed by atoms with Gasteiger partial charge in [-0.1, -0.05) is 36.4 Å². The molecule has 142 valence electrons. The molecule has 4 rings (SSSR count). The summed E-state index contributed by atoms with van der Waals surface area (Å²) in [6.45, 7) is 3.62. The van der Waals surface area contributed by atoms with Crippen molar-refractivity contribution >= 4 is 29.5 Å². The molecule has 2 atom stereocenters.